The van der Waals surface area contributed by atoms with Crippen molar-refractivity contribution >= 4 is 31.9 Å². The van der Waals surface area contributed by atoms with Gasteiger partial charge in [0, 0.05) is 21.5 Å². The summed E-state index contributed by atoms with van der Waals surface area (Å²) in [6.45, 7) is 6.14. The van der Waals surface area contributed by atoms with Gasteiger partial charge in [0.1, 0.15) is 0 Å². The average Bonchev–Trinajstić information content (AvgIpc) is 2.85. The van der Waals surface area contributed by atoms with E-state index in [0.717, 1.165) is 21.5 Å². The lowest BCUT2D eigenvalue weighted by Gasteiger charge is -2.22. The molecule has 1 aliphatic heterocycles. The number of hydrogen-bond donors (Lipinski definition) is 0. The van der Waals surface area contributed by atoms with Gasteiger partial charge in [-0.15, -0.1) is 0 Å². The zero-order valence-corrected chi connectivity index (χ0v) is 14.7. The molecule has 1 heterocycles. The van der Waals surface area contributed by atoms with E-state index in [1.165, 1.54) is 0 Å². The summed E-state index contributed by atoms with van der Waals surface area (Å²) in [7, 11) is 0. The Kier molecular flexibility index (Phi) is 6.14. The smallest absolute Gasteiger partial charge is 0.231 e. The van der Waals surface area contributed by atoms with Crippen molar-refractivity contribution in [1.29, 1.82) is 0 Å². The molecule has 0 N–H and O–H groups in total. The molecule has 2 atom stereocenters. The molecule has 0 unspecified atom stereocenters. The summed E-state index contributed by atoms with van der Waals surface area (Å²) in [5, 5.41) is 0. The van der Waals surface area contributed by atoms with Crippen LogP contribution >= 0.6 is 31.9 Å². The SMILES string of the molecule is CCOCCO[C@H](c1cc2c(cc1Br)OCO2)[C@H](C)Br. The first kappa shape index (κ1) is 16.1. The molecule has 0 saturated carbocycles. The molecule has 0 aromatic heterocycles. The molecule has 0 spiro atoms. The molecule has 112 valence electrons. The Morgan fingerprint density at radius 3 is 2.60 bits per heavy atom. The predicted molar refractivity (Wildman–Crippen MR) is 83.8 cm³/mol. The van der Waals surface area contributed by atoms with Gasteiger partial charge in [-0.3, -0.25) is 0 Å². The zero-order chi connectivity index (χ0) is 14.5. The molecule has 1 aromatic carbocycles. The van der Waals surface area contributed by atoms with Crippen LogP contribution in [0.3, 0.4) is 0 Å². The number of fused-ring (bicyclic) bond motifs is 1. The second kappa shape index (κ2) is 7.64. The van der Waals surface area contributed by atoms with Crippen molar-refractivity contribution < 1.29 is 18.9 Å². The van der Waals surface area contributed by atoms with Crippen LogP contribution in [-0.2, 0) is 9.47 Å². The Morgan fingerprint density at radius 1 is 1.25 bits per heavy atom. The summed E-state index contributed by atoms with van der Waals surface area (Å²) in [5.74, 6) is 1.52. The van der Waals surface area contributed by atoms with Crippen LogP contribution < -0.4 is 9.47 Å². The number of hydrogen-bond acceptors (Lipinski definition) is 4. The largest absolute Gasteiger partial charge is 0.454 e. The summed E-state index contributed by atoms with van der Waals surface area (Å²) in [6, 6.07) is 3.89. The van der Waals surface area contributed by atoms with E-state index in [1.807, 2.05) is 19.1 Å². The molecule has 2 rings (SSSR count). The first-order chi connectivity index (χ1) is 9.63. The maximum Gasteiger partial charge on any atom is 0.231 e. The molecule has 1 aliphatic rings. The van der Waals surface area contributed by atoms with E-state index in [2.05, 4.69) is 38.8 Å². The first-order valence-corrected chi connectivity index (χ1v) is 8.26. The Morgan fingerprint density at radius 2 is 1.95 bits per heavy atom. The van der Waals surface area contributed by atoms with Crippen molar-refractivity contribution in [3.05, 3.63) is 22.2 Å². The number of benzene rings is 1. The molecule has 1 aromatic rings. The van der Waals surface area contributed by atoms with Gasteiger partial charge in [-0.05, 0) is 26.0 Å². The van der Waals surface area contributed by atoms with Gasteiger partial charge in [-0.1, -0.05) is 31.9 Å². The maximum atomic E-state index is 5.93. The van der Waals surface area contributed by atoms with Crippen LogP contribution in [0.4, 0.5) is 0 Å². The van der Waals surface area contributed by atoms with Crippen LogP contribution in [0.1, 0.15) is 25.5 Å². The lowest BCUT2D eigenvalue weighted by molar-refractivity contribution is 0.00779. The first-order valence-electron chi connectivity index (χ1n) is 6.56. The molecular formula is C14H18Br2O4. The van der Waals surface area contributed by atoms with Gasteiger partial charge >= 0.3 is 0 Å². The summed E-state index contributed by atoms with van der Waals surface area (Å²) >= 11 is 7.18. The monoisotopic (exact) mass is 408 g/mol. The highest BCUT2D eigenvalue weighted by Gasteiger charge is 2.24. The fourth-order valence-electron chi connectivity index (χ4n) is 2.00. The maximum absolute atomic E-state index is 5.93. The lowest BCUT2D eigenvalue weighted by Crippen LogP contribution is -2.17. The molecule has 0 bridgehead atoms. The van der Waals surface area contributed by atoms with Crippen LogP contribution in [0.5, 0.6) is 11.5 Å². The van der Waals surface area contributed by atoms with Crippen molar-refractivity contribution in [1.82, 2.24) is 0 Å². The second-order valence-electron chi connectivity index (χ2n) is 4.39. The van der Waals surface area contributed by atoms with Gasteiger partial charge in [0.2, 0.25) is 6.79 Å². The summed E-state index contributed by atoms with van der Waals surface area (Å²) in [4.78, 5) is 0.167. The fourth-order valence-corrected chi connectivity index (χ4v) is 2.98. The van der Waals surface area contributed by atoms with Crippen LogP contribution in [-0.4, -0.2) is 31.4 Å². The molecule has 6 heteroatoms. The van der Waals surface area contributed by atoms with E-state index in [-0.39, 0.29) is 17.7 Å². The number of alkyl halides is 1. The number of ether oxygens (including phenoxy) is 4. The normalized spacial score (nSPS) is 16.2. The molecule has 20 heavy (non-hydrogen) atoms. The summed E-state index contributed by atoms with van der Waals surface area (Å²) in [5.41, 5.74) is 1.04. The van der Waals surface area contributed by atoms with E-state index in [1.54, 1.807) is 0 Å². The van der Waals surface area contributed by atoms with Crippen LogP contribution in [0.25, 0.3) is 0 Å². The molecule has 0 fully saturated rings. The molecule has 0 saturated heterocycles. The van der Waals surface area contributed by atoms with Gasteiger partial charge < -0.3 is 18.9 Å². The van der Waals surface area contributed by atoms with Crippen LogP contribution in [0.15, 0.2) is 16.6 Å². The average molecular weight is 410 g/mol. The van der Waals surface area contributed by atoms with Crippen molar-refractivity contribution in [2.75, 3.05) is 26.6 Å². The summed E-state index contributed by atoms with van der Waals surface area (Å²) in [6.07, 6.45) is -0.0840. The van der Waals surface area contributed by atoms with Crippen LogP contribution in [0.2, 0.25) is 0 Å². The summed E-state index contributed by atoms with van der Waals surface area (Å²) < 4.78 is 23.0. The van der Waals surface area contributed by atoms with E-state index in [9.17, 15) is 0 Å². The highest BCUT2D eigenvalue weighted by Crippen LogP contribution is 2.41. The van der Waals surface area contributed by atoms with E-state index >= 15 is 0 Å². The lowest BCUT2D eigenvalue weighted by atomic mass is 10.1. The van der Waals surface area contributed by atoms with E-state index in [4.69, 9.17) is 18.9 Å². The third-order valence-corrected chi connectivity index (χ3v) is 4.11. The standard InChI is InChI=1S/C14H18Br2O4/c1-3-17-4-5-18-14(9(2)15)10-6-12-13(7-11(10)16)20-8-19-12/h6-7,9,14H,3-5,8H2,1-2H3/t9-,14-/m0/s1. The highest BCUT2D eigenvalue weighted by atomic mass is 79.9. The second-order valence-corrected chi connectivity index (χ2v) is 6.69. The third-order valence-electron chi connectivity index (χ3n) is 2.94. The van der Waals surface area contributed by atoms with Crippen molar-refractivity contribution in [2.24, 2.45) is 0 Å². The van der Waals surface area contributed by atoms with Crippen molar-refractivity contribution in [3.8, 4) is 11.5 Å². The number of halogens is 2. The molecule has 0 amide bonds. The van der Waals surface area contributed by atoms with Crippen molar-refractivity contribution in [2.45, 2.75) is 24.8 Å². The Labute approximate surface area is 136 Å². The van der Waals surface area contributed by atoms with Crippen LogP contribution in [0, 0.1) is 0 Å². The van der Waals surface area contributed by atoms with Gasteiger partial charge in [-0.25, -0.2) is 0 Å². The topological polar surface area (TPSA) is 36.9 Å². The minimum atomic E-state index is -0.0840. The molecule has 0 aliphatic carbocycles. The number of rotatable bonds is 7. The Hall–Kier alpha value is -0.300. The third kappa shape index (κ3) is 3.87. The Bertz CT molecular complexity index is 451. The predicted octanol–water partition coefficient (Wildman–Crippen LogP) is 4.06. The fraction of sp³-hybridized carbons (Fsp3) is 0.571. The van der Waals surface area contributed by atoms with E-state index < -0.39 is 0 Å². The zero-order valence-electron chi connectivity index (χ0n) is 11.5. The van der Waals surface area contributed by atoms with Gasteiger partial charge in [0.15, 0.2) is 11.5 Å². The minimum absolute atomic E-state index is 0.0840. The molecular weight excluding hydrogens is 392 g/mol. The highest BCUT2D eigenvalue weighted by molar-refractivity contribution is 9.10. The van der Waals surface area contributed by atoms with Crippen molar-refractivity contribution in [3.63, 3.8) is 0 Å². The van der Waals surface area contributed by atoms with Gasteiger partial charge in [-0.2, -0.15) is 0 Å². The minimum Gasteiger partial charge on any atom is -0.454 e. The van der Waals surface area contributed by atoms with Gasteiger partial charge in [0.05, 0.1) is 19.3 Å². The molecule has 4 nitrogen and oxygen atoms in total. The Balaban J connectivity index is 2.12. The molecule has 0 radical (unpaired) electrons. The van der Waals surface area contributed by atoms with Gasteiger partial charge in [0.25, 0.3) is 0 Å². The quantitative estimate of drug-likeness (QED) is 0.502. The van der Waals surface area contributed by atoms with E-state index in [0.29, 0.717) is 19.8 Å².